The Hall–Kier alpha value is -0.280. The molecular weight excluding hydrogens is 142 g/mol. The average Bonchev–Trinajstić information content (AvgIpc) is 1.61. The molecule has 4 heteroatoms. The lowest BCUT2D eigenvalue weighted by atomic mass is 10.1. The molecule has 1 N–H and O–H groups in total. The monoisotopic (exact) mass is 151 g/mol. The van der Waals surface area contributed by atoms with Gasteiger partial charge in [-0.05, 0) is 13.5 Å². The van der Waals surface area contributed by atoms with E-state index < -0.39 is 5.97 Å². The van der Waals surface area contributed by atoms with Gasteiger partial charge in [-0.3, -0.25) is 9.69 Å². The Balaban J connectivity index is 0.000000640. The highest BCUT2D eigenvalue weighted by Crippen LogP contribution is 2.13. The van der Waals surface area contributed by atoms with Gasteiger partial charge in [-0.1, -0.05) is 0 Å². The van der Waals surface area contributed by atoms with Gasteiger partial charge in [0.05, 0.1) is 0 Å². The minimum absolute atomic E-state index is 0. The maximum absolute atomic E-state index is 10.2. The number of likely N-dealkylation sites (tertiary alicyclic amines) is 1. The second-order valence-electron chi connectivity index (χ2n) is 2.12. The average molecular weight is 152 g/mol. The van der Waals surface area contributed by atoms with Gasteiger partial charge in [-0.25, -0.2) is 0 Å². The highest BCUT2D eigenvalue weighted by atomic mass is 35.5. The van der Waals surface area contributed by atoms with Gasteiger partial charge in [0.15, 0.2) is 0 Å². The maximum atomic E-state index is 10.2. The van der Waals surface area contributed by atoms with Gasteiger partial charge in [0, 0.05) is 6.54 Å². The fourth-order valence-electron chi connectivity index (χ4n) is 0.828. The largest absolute Gasteiger partial charge is 0.480 e. The summed E-state index contributed by atoms with van der Waals surface area (Å²) < 4.78 is 0. The molecule has 0 saturated carbocycles. The van der Waals surface area contributed by atoms with Gasteiger partial charge in [0.1, 0.15) is 6.04 Å². The van der Waals surface area contributed by atoms with Crippen LogP contribution in [-0.2, 0) is 4.79 Å². The fourth-order valence-corrected chi connectivity index (χ4v) is 0.828. The first-order valence-electron chi connectivity index (χ1n) is 2.65. The molecule has 9 heavy (non-hydrogen) atoms. The Morgan fingerprint density at radius 2 is 2.33 bits per heavy atom. The van der Waals surface area contributed by atoms with Crippen molar-refractivity contribution in [2.75, 3.05) is 13.6 Å². The molecule has 1 aliphatic heterocycles. The predicted molar refractivity (Wildman–Crippen MR) is 35.9 cm³/mol. The van der Waals surface area contributed by atoms with Crippen molar-refractivity contribution in [2.24, 2.45) is 0 Å². The van der Waals surface area contributed by atoms with Crippen molar-refractivity contribution in [3.63, 3.8) is 0 Å². The molecule has 1 aliphatic rings. The van der Waals surface area contributed by atoms with E-state index in [2.05, 4.69) is 0 Å². The number of nitrogens with zero attached hydrogens (tertiary/aromatic N) is 1. The van der Waals surface area contributed by atoms with E-state index in [1.54, 1.807) is 0 Å². The number of carboxylic acid groups (broad SMARTS) is 1. The van der Waals surface area contributed by atoms with Crippen LogP contribution in [0.2, 0.25) is 0 Å². The summed E-state index contributed by atoms with van der Waals surface area (Å²) in [5, 5.41) is 8.36. The molecule has 0 radical (unpaired) electrons. The molecule has 1 fully saturated rings. The number of rotatable bonds is 1. The van der Waals surface area contributed by atoms with Gasteiger partial charge < -0.3 is 5.11 Å². The molecule has 0 amide bonds. The third-order valence-corrected chi connectivity index (χ3v) is 1.57. The summed E-state index contributed by atoms with van der Waals surface area (Å²) in [6.45, 7) is 0.928. The minimum atomic E-state index is -0.696. The predicted octanol–water partition coefficient (Wildman–Crippen LogP) is 0.197. The van der Waals surface area contributed by atoms with Gasteiger partial charge in [-0.15, -0.1) is 12.4 Å². The molecule has 1 heterocycles. The van der Waals surface area contributed by atoms with E-state index in [-0.39, 0.29) is 18.4 Å². The van der Waals surface area contributed by atoms with E-state index in [1.807, 2.05) is 11.9 Å². The Morgan fingerprint density at radius 1 is 1.78 bits per heavy atom. The molecule has 0 spiro atoms. The topological polar surface area (TPSA) is 40.5 Å². The molecule has 0 aromatic rings. The van der Waals surface area contributed by atoms with Crippen molar-refractivity contribution >= 4 is 18.4 Å². The highest BCUT2D eigenvalue weighted by molar-refractivity contribution is 5.85. The van der Waals surface area contributed by atoms with E-state index >= 15 is 0 Å². The normalized spacial score (nSPS) is 26.1. The molecule has 3 nitrogen and oxygen atoms in total. The number of halogens is 1. The van der Waals surface area contributed by atoms with E-state index in [1.165, 1.54) is 0 Å². The van der Waals surface area contributed by atoms with Gasteiger partial charge >= 0.3 is 5.97 Å². The summed E-state index contributed by atoms with van der Waals surface area (Å²) in [6.07, 6.45) is 0.811. The van der Waals surface area contributed by atoms with Crippen LogP contribution in [0.15, 0.2) is 0 Å². The van der Waals surface area contributed by atoms with Crippen molar-refractivity contribution in [3.8, 4) is 0 Å². The van der Waals surface area contributed by atoms with Crippen molar-refractivity contribution in [1.29, 1.82) is 0 Å². The van der Waals surface area contributed by atoms with Crippen LogP contribution < -0.4 is 0 Å². The lowest BCUT2D eigenvalue weighted by Crippen LogP contribution is -2.49. The Morgan fingerprint density at radius 3 is 2.33 bits per heavy atom. The van der Waals surface area contributed by atoms with Crippen molar-refractivity contribution in [3.05, 3.63) is 0 Å². The van der Waals surface area contributed by atoms with Crippen LogP contribution in [0.25, 0.3) is 0 Å². The third-order valence-electron chi connectivity index (χ3n) is 1.57. The zero-order chi connectivity index (χ0) is 6.15. The molecule has 0 bridgehead atoms. The maximum Gasteiger partial charge on any atom is 0.320 e. The number of carboxylic acids is 1. The molecule has 0 aromatic carbocycles. The van der Waals surface area contributed by atoms with Crippen LogP contribution in [0.4, 0.5) is 0 Å². The lowest BCUT2D eigenvalue weighted by molar-refractivity contribution is -0.146. The van der Waals surface area contributed by atoms with Crippen LogP contribution in [0.3, 0.4) is 0 Å². The Kier molecular flexibility index (Phi) is 2.94. The molecule has 0 unspecified atom stereocenters. The number of aliphatic carboxylic acids is 1. The summed E-state index contributed by atoms with van der Waals surface area (Å²) in [5.74, 6) is -0.696. The quantitative estimate of drug-likeness (QED) is 0.582. The first-order valence-corrected chi connectivity index (χ1v) is 2.65. The molecule has 54 valence electrons. The zero-order valence-electron chi connectivity index (χ0n) is 5.20. The minimum Gasteiger partial charge on any atom is -0.480 e. The van der Waals surface area contributed by atoms with E-state index in [4.69, 9.17) is 5.11 Å². The standard InChI is InChI=1S/C5H9NO2.ClH/c1-6-3-2-4(6)5(7)8;/h4H,2-3H2,1H3,(H,7,8);1H/t4-;/m1./s1. The molecule has 1 saturated heterocycles. The van der Waals surface area contributed by atoms with Gasteiger partial charge in [0.25, 0.3) is 0 Å². The second-order valence-corrected chi connectivity index (χ2v) is 2.12. The summed E-state index contributed by atoms with van der Waals surface area (Å²) in [4.78, 5) is 12.0. The lowest BCUT2D eigenvalue weighted by Gasteiger charge is -2.33. The summed E-state index contributed by atoms with van der Waals surface area (Å²) in [7, 11) is 1.82. The van der Waals surface area contributed by atoms with Gasteiger partial charge in [-0.2, -0.15) is 0 Å². The zero-order valence-corrected chi connectivity index (χ0v) is 6.02. The van der Waals surface area contributed by atoms with Crippen LogP contribution in [0, 0.1) is 0 Å². The van der Waals surface area contributed by atoms with E-state index in [0.29, 0.717) is 0 Å². The molecule has 1 rings (SSSR count). The van der Waals surface area contributed by atoms with Gasteiger partial charge in [0.2, 0.25) is 0 Å². The summed E-state index contributed by atoms with van der Waals surface area (Å²) in [6, 6.07) is -0.199. The Labute approximate surface area is 60.1 Å². The second kappa shape index (κ2) is 3.03. The molecule has 1 atom stereocenters. The summed E-state index contributed by atoms with van der Waals surface area (Å²) in [5.41, 5.74) is 0. The number of hydrogen-bond acceptors (Lipinski definition) is 2. The molecule has 0 aromatic heterocycles. The molecule has 0 aliphatic carbocycles. The fraction of sp³-hybridized carbons (Fsp3) is 0.800. The first kappa shape index (κ1) is 8.72. The van der Waals surface area contributed by atoms with Crippen LogP contribution in [-0.4, -0.2) is 35.6 Å². The smallest absolute Gasteiger partial charge is 0.320 e. The van der Waals surface area contributed by atoms with Crippen LogP contribution >= 0.6 is 12.4 Å². The third kappa shape index (κ3) is 1.56. The van der Waals surface area contributed by atoms with Crippen molar-refractivity contribution < 1.29 is 9.90 Å². The number of likely N-dealkylation sites (N-methyl/N-ethyl adjacent to an activating group) is 1. The first-order chi connectivity index (χ1) is 3.72. The summed E-state index contributed by atoms with van der Waals surface area (Å²) >= 11 is 0. The van der Waals surface area contributed by atoms with E-state index in [0.717, 1.165) is 13.0 Å². The van der Waals surface area contributed by atoms with Crippen LogP contribution in [0.1, 0.15) is 6.42 Å². The Bertz CT molecular complexity index is 118. The van der Waals surface area contributed by atoms with Crippen LogP contribution in [0.5, 0.6) is 0 Å². The number of hydrogen-bond donors (Lipinski definition) is 1. The van der Waals surface area contributed by atoms with Crippen molar-refractivity contribution in [1.82, 2.24) is 4.90 Å². The van der Waals surface area contributed by atoms with Crippen molar-refractivity contribution in [2.45, 2.75) is 12.5 Å². The highest BCUT2D eigenvalue weighted by Gasteiger charge is 2.30. The SMILES string of the molecule is CN1CC[C@@H]1C(=O)O.Cl. The number of carbonyl (C=O) groups is 1. The van der Waals surface area contributed by atoms with E-state index in [9.17, 15) is 4.79 Å². The molecular formula is C5H10ClNO2.